The lowest BCUT2D eigenvalue weighted by Crippen LogP contribution is -2.36. The summed E-state index contributed by atoms with van der Waals surface area (Å²) in [5.41, 5.74) is 11.8. The van der Waals surface area contributed by atoms with Gasteiger partial charge in [0, 0.05) is 29.7 Å². The molecular weight excluding hydrogens is 631 g/mol. The minimum absolute atomic E-state index is 0.00643. The van der Waals surface area contributed by atoms with Crippen LogP contribution in [0.15, 0.2) is 0 Å². The molecule has 0 bridgehead atoms. The molecule has 0 fully saturated rings. The SMILES string of the molecule is NCCN(CCN)c1c(I)c(C(=O)O)c(I)c(C(=O)O)c1I. The predicted octanol–water partition coefficient (Wildman–Crippen LogP) is 1.62. The zero-order valence-electron chi connectivity index (χ0n) is 11.3. The van der Waals surface area contributed by atoms with Crippen molar-refractivity contribution < 1.29 is 19.8 Å². The van der Waals surface area contributed by atoms with Gasteiger partial charge in [0.05, 0.1) is 24.0 Å². The minimum atomic E-state index is -1.16. The Kier molecular flexibility index (Phi) is 8.04. The summed E-state index contributed by atoms with van der Waals surface area (Å²) in [7, 11) is 0. The number of anilines is 1. The Morgan fingerprint density at radius 2 is 1.23 bits per heavy atom. The molecule has 0 aliphatic heterocycles. The molecule has 1 rings (SSSR count). The van der Waals surface area contributed by atoms with Crippen LogP contribution in [-0.2, 0) is 0 Å². The predicted molar refractivity (Wildman–Crippen MR) is 109 cm³/mol. The van der Waals surface area contributed by atoms with Crippen molar-refractivity contribution in [2.45, 2.75) is 0 Å². The van der Waals surface area contributed by atoms with Gasteiger partial charge in [-0.2, -0.15) is 0 Å². The fraction of sp³-hybridized carbons (Fsp3) is 0.333. The highest BCUT2D eigenvalue weighted by Gasteiger charge is 2.29. The van der Waals surface area contributed by atoms with Crippen molar-refractivity contribution in [3.05, 3.63) is 21.8 Å². The number of rotatable bonds is 7. The van der Waals surface area contributed by atoms with Gasteiger partial charge in [0.25, 0.3) is 0 Å². The highest BCUT2D eigenvalue weighted by Crippen LogP contribution is 2.37. The van der Waals surface area contributed by atoms with Gasteiger partial charge in [-0.15, -0.1) is 0 Å². The smallest absolute Gasteiger partial charge is 0.337 e. The largest absolute Gasteiger partial charge is 0.478 e. The Morgan fingerprint density at radius 1 is 0.864 bits per heavy atom. The van der Waals surface area contributed by atoms with Crippen LogP contribution in [0.4, 0.5) is 5.69 Å². The van der Waals surface area contributed by atoms with Gasteiger partial charge in [-0.3, -0.25) is 0 Å². The zero-order valence-corrected chi connectivity index (χ0v) is 17.7. The molecule has 0 saturated carbocycles. The fourth-order valence-corrected chi connectivity index (χ4v) is 6.72. The molecule has 122 valence electrons. The zero-order chi connectivity index (χ0) is 17.0. The Balaban J connectivity index is 3.75. The molecule has 1 aromatic carbocycles. The van der Waals surface area contributed by atoms with E-state index in [0.717, 1.165) is 0 Å². The molecule has 0 amide bonds. The van der Waals surface area contributed by atoms with Crippen LogP contribution >= 0.6 is 67.8 Å². The molecule has 0 aliphatic rings. The van der Waals surface area contributed by atoms with E-state index in [1.54, 1.807) is 22.6 Å². The lowest BCUT2D eigenvalue weighted by atomic mass is 10.1. The minimum Gasteiger partial charge on any atom is -0.478 e. The van der Waals surface area contributed by atoms with Crippen LogP contribution in [0.1, 0.15) is 20.7 Å². The van der Waals surface area contributed by atoms with E-state index in [1.807, 2.05) is 50.1 Å². The van der Waals surface area contributed by atoms with Crippen molar-refractivity contribution in [1.29, 1.82) is 0 Å². The van der Waals surface area contributed by atoms with Crippen LogP contribution in [0.2, 0.25) is 0 Å². The van der Waals surface area contributed by atoms with Crippen molar-refractivity contribution in [3.63, 3.8) is 0 Å². The Hall–Kier alpha value is 0.0700. The number of carboxylic acids is 2. The first kappa shape index (κ1) is 20.1. The third-order valence-electron chi connectivity index (χ3n) is 2.84. The third-order valence-corrected chi connectivity index (χ3v) is 6.02. The van der Waals surface area contributed by atoms with E-state index in [2.05, 4.69) is 0 Å². The average molecular weight is 645 g/mol. The maximum Gasteiger partial charge on any atom is 0.337 e. The molecule has 0 aliphatic carbocycles. The van der Waals surface area contributed by atoms with E-state index < -0.39 is 11.9 Å². The summed E-state index contributed by atoms with van der Waals surface area (Å²) in [5, 5.41) is 18.9. The second-order valence-corrected chi connectivity index (χ2v) is 7.45. The topological polar surface area (TPSA) is 130 Å². The summed E-state index contributed by atoms with van der Waals surface area (Å²) in [6, 6.07) is 0. The molecule has 22 heavy (non-hydrogen) atoms. The molecule has 1 aromatic rings. The molecule has 0 saturated heterocycles. The maximum absolute atomic E-state index is 11.5. The summed E-state index contributed by atoms with van der Waals surface area (Å²) in [4.78, 5) is 24.9. The van der Waals surface area contributed by atoms with Gasteiger partial charge in [0.15, 0.2) is 0 Å². The summed E-state index contributed by atoms with van der Waals surface area (Å²) < 4.78 is 1.20. The van der Waals surface area contributed by atoms with Crippen molar-refractivity contribution in [2.24, 2.45) is 11.5 Å². The summed E-state index contributed by atoms with van der Waals surface area (Å²) in [6.07, 6.45) is 0. The van der Waals surface area contributed by atoms with E-state index >= 15 is 0 Å². The number of nitrogens with two attached hydrogens (primary N) is 2. The van der Waals surface area contributed by atoms with E-state index in [4.69, 9.17) is 11.5 Å². The van der Waals surface area contributed by atoms with Crippen LogP contribution in [0, 0.1) is 10.7 Å². The number of aromatic carboxylic acids is 2. The van der Waals surface area contributed by atoms with Gasteiger partial charge in [0.2, 0.25) is 0 Å². The van der Waals surface area contributed by atoms with E-state index in [1.165, 1.54) is 0 Å². The van der Waals surface area contributed by atoms with E-state index in [-0.39, 0.29) is 14.7 Å². The summed E-state index contributed by atoms with van der Waals surface area (Å²) in [6.45, 7) is 1.62. The van der Waals surface area contributed by atoms with Gasteiger partial charge >= 0.3 is 11.9 Å². The molecule has 0 spiro atoms. The average Bonchev–Trinajstić information content (AvgIpc) is 2.37. The molecule has 6 N–H and O–H groups in total. The highest BCUT2D eigenvalue weighted by atomic mass is 127. The first-order valence-electron chi connectivity index (χ1n) is 6.09. The van der Waals surface area contributed by atoms with E-state index in [0.29, 0.717) is 39.0 Å². The van der Waals surface area contributed by atoms with Gasteiger partial charge in [-0.05, 0) is 67.8 Å². The molecular formula is C12H14I3N3O4. The number of halogens is 3. The van der Waals surface area contributed by atoms with Crippen LogP contribution in [0.3, 0.4) is 0 Å². The number of nitrogens with zero attached hydrogens (tertiary/aromatic N) is 1. The second-order valence-electron chi connectivity index (χ2n) is 4.22. The van der Waals surface area contributed by atoms with Crippen molar-refractivity contribution in [3.8, 4) is 0 Å². The third kappa shape index (κ3) is 4.12. The van der Waals surface area contributed by atoms with Crippen molar-refractivity contribution in [2.75, 3.05) is 31.1 Å². The van der Waals surface area contributed by atoms with Crippen LogP contribution in [0.5, 0.6) is 0 Å². The van der Waals surface area contributed by atoms with Crippen LogP contribution in [0.25, 0.3) is 0 Å². The van der Waals surface area contributed by atoms with Crippen molar-refractivity contribution in [1.82, 2.24) is 0 Å². The summed E-state index contributed by atoms with van der Waals surface area (Å²) >= 11 is 5.64. The Labute approximate surface area is 168 Å². The first-order valence-corrected chi connectivity index (χ1v) is 9.33. The number of hydrogen-bond donors (Lipinski definition) is 4. The normalized spacial score (nSPS) is 10.6. The lowest BCUT2D eigenvalue weighted by molar-refractivity contribution is 0.0694. The van der Waals surface area contributed by atoms with Crippen LogP contribution < -0.4 is 16.4 Å². The molecule has 10 heteroatoms. The fourth-order valence-electron chi connectivity index (χ4n) is 1.95. The maximum atomic E-state index is 11.5. The molecule has 0 heterocycles. The Bertz CT molecular complexity index is 563. The van der Waals surface area contributed by atoms with Gasteiger partial charge in [-0.1, -0.05) is 0 Å². The van der Waals surface area contributed by atoms with Gasteiger partial charge in [-0.25, -0.2) is 9.59 Å². The lowest BCUT2D eigenvalue weighted by Gasteiger charge is -2.28. The molecule has 0 unspecified atom stereocenters. The molecule has 0 radical (unpaired) electrons. The van der Waals surface area contributed by atoms with Gasteiger partial charge in [0.1, 0.15) is 0 Å². The molecule has 0 aromatic heterocycles. The first-order chi connectivity index (χ1) is 10.3. The second kappa shape index (κ2) is 8.79. The number of carboxylic acid groups (broad SMARTS) is 2. The van der Waals surface area contributed by atoms with E-state index in [9.17, 15) is 19.8 Å². The number of hydrogen-bond acceptors (Lipinski definition) is 5. The summed E-state index contributed by atoms with van der Waals surface area (Å²) in [5.74, 6) is -2.32. The monoisotopic (exact) mass is 645 g/mol. The van der Waals surface area contributed by atoms with Crippen molar-refractivity contribution >= 4 is 85.4 Å². The molecule has 0 atom stereocenters. The number of benzene rings is 1. The standard InChI is InChI=1S/C12H14I3N3O4/c13-7-5(11(19)20)8(14)10(9(15)6(7)12(21)22)18(3-1-16)4-2-17/h1-4,16-17H2,(H,19,20)(H,21,22). The quantitative estimate of drug-likeness (QED) is 0.332. The highest BCUT2D eigenvalue weighted by molar-refractivity contribution is 14.1. The Morgan fingerprint density at radius 3 is 1.50 bits per heavy atom. The van der Waals surface area contributed by atoms with Gasteiger partial charge < -0.3 is 26.6 Å². The van der Waals surface area contributed by atoms with Crippen LogP contribution in [-0.4, -0.2) is 48.3 Å². The molecule has 7 nitrogen and oxygen atoms in total. The number of carbonyl (C=O) groups is 2.